The van der Waals surface area contributed by atoms with Gasteiger partial charge < -0.3 is 14.5 Å². The number of hydrogen-bond donors (Lipinski definition) is 0. The van der Waals surface area contributed by atoms with Gasteiger partial charge in [0.25, 0.3) is 5.91 Å². The lowest BCUT2D eigenvalue weighted by atomic mass is 9.90. The molecule has 0 bridgehead atoms. The molecule has 3 heterocycles. The highest BCUT2D eigenvalue weighted by atomic mass is 35.5. The Bertz CT molecular complexity index is 1480. The van der Waals surface area contributed by atoms with Crippen LogP contribution in [0.4, 0.5) is 0 Å². The smallest absolute Gasteiger partial charge is 0.254 e. The largest absolute Gasteiger partial charge is 0.497 e. The van der Waals surface area contributed by atoms with E-state index in [1.807, 2.05) is 65.6 Å². The molecule has 2 aliphatic rings. The third-order valence-electron chi connectivity index (χ3n) is 8.47. The summed E-state index contributed by atoms with van der Waals surface area (Å²) in [5.74, 6) is 1.62. The third-order valence-corrected chi connectivity index (χ3v) is 9.63. The number of carbonyl (C=O) groups excluding carboxylic acids is 1. The molecule has 0 aliphatic carbocycles. The summed E-state index contributed by atoms with van der Waals surface area (Å²) in [5.41, 5.74) is 1.85. The van der Waals surface area contributed by atoms with Gasteiger partial charge in [-0.05, 0) is 116 Å². The number of fused-ring (bicyclic) bond motifs is 1. The van der Waals surface area contributed by atoms with Crippen LogP contribution in [0.25, 0.3) is 10.8 Å². The van der Waals surface area contributed by atoms with E-state index in [1.165, 1.54) is 12.8 Å². The van der Waals surface area contributed by atoms with E-state index in [0.29, 0.717) is 17.0 Å². The average molecular weight is 587 g/mol. The topological polar surface area (TPSA) is 58.6 Å². The van der Waals surface area contributed by atoms with Gasteiger partial charge in [0.2, 0.25) is 0 Å². The number of amides is 1. The van der Waals surface area contributed by atoms with Crippen molar-refractivity contribution in [1.29, 1.82) is 0 Å². The molecule has 0 spiro atoms. The molecule has 2 saturated heterocycles. The van der Waals surface area contributed by atoms with Gasteiger partial charge >= 0.3 is 0 Å². The molecule has 8 heteroatoms. The lowest BCUT2D eigenvalue weighted by Gasteiger charge is -2.42. The van der Waals surface area contributed by atoms with Gasteiger partial charge in [-0.15, -0.1) is 5.10 Å². The Morgan fingerprint density at radius 3 is 2.41 bits per heavy atom. The summed E-state index contributed by atoms with van der Waals surface area (Å²) in [7, 11) is 1.68. The van der Waals surface area contributed by atoms with Crippen molar-refractivity contribution in [2.75, 3.05) is 33.3 Å². The van der Waals surface area contributed by atoms with Crippen molar-refractivity contribution in [1.82, 2.24) is 20.0 Å². The number of halogens is 1. The SMILES string of the molecule is COc1ccc(Sc2ccc(CC3CCN(C4CCN(C(=O)c5cccc6cc(Cl)ccc56)CC4)CC3)nn2)cc1. The predicted molar refractivity (Wildman–Crippen MR) is 165 cm³/mol. The lowest BCUT2D eigenvalue weighted by molar-refractivity contribution is 0.0553. The Hall–Kier alpha value is -3.13. The monoisotopic (exact) mass is 586 g/mol. The van der Waals surface area contributed by atoms with Crippen molar-refractivity contribution in [3.63, 3.8) is 0 Å². The van der Waals surface area contributed by atoms with Crippen molar-refractivity contribution < 1.29 is 9.53 Å². The van der Waals surface area contributed by atoms with Gasteiger partial charge in [0, 0.05) is 34.6 Å². The Labute approximate surface area is 251 Å². The number of carbonyl (C=O) groups is 1. The molecule has 41 heavy (non-hydrogen) atoms. The standard InChI is InChI=1S/C33H35ClN4O2S/c1-40-28-7-9-29(10-8-28)41-32-12-6-26(35-36-32)21-23-13-17-37(18-14-23)27-15-19-38(20-16-27)33(39)31-4-2-3-24-22-25(34)5-11-30(24)31/h2-12,22-23,27H,13-21H2,1H3. The first-order valence-corrected chi connectivity index (χ1v) is 15.6. The van der Waals surface area contributed by atoms with Gasteiger partial charge in [0.15, 0.2) is 0 Å². The van der Waals surface area contributed by atoms with E-state index in [9.17, 15) is 4.79 Å². The van der Waals surface area contributed by atoms with Crippen LogP contribution in [0, 0.1) is 5.92 Å². The van der Waals surface area contributed by atoms with Crippen LogP contribution in [-0.4, -0.2) is 65.2 Å². The number of aromatic nitrogens is 2. The minimum atomic E-state index is 0.129. The Morgan fingerprint density at radius 1 is 0.927 bits per heavy atom. The zero-order valence-corrected chi connectivity index (χ0v) is 24.9. The summed E-state index contributed by atoms with van der Waals surface area (Å²) in [6.45, 7) is 3.85. The van der Waals surface area contributed by atoms with Crippen LogP contribution in [-0.2, 0) is 6.42 Å². The van der Waals surface area contributed by atoms with Crippen LogP contribution in [0.3, 0.4) is 0 Å². The maximum Gasteiger partial charge on any atom is 0.254 e. The van der Waals surface area contributed by atoms with Crippen molar-refractivity contribution in [3.8, 4) is 5.75 Å². The molecule has 0 atom stereocenters. The van der Waals surface area contributed by atoms with Crippen LogP contribution in [0.15, 0.2) is 82.7 Å². The van der Waals surface area contributed by atoms with Crippen LogP contribution < -0.4 is 4.74 Å². The van der Waals surface area contributed by atoms with Crippen LogP contribution in [0.1, 0.15) is 41.7 Å². The van der Waals surface area contributed by atoms with Crippen molar-refractivity contribution >= 4 is 40.0 Å². The van der Waals surface area contributed by atoms with E-state index in [-0.39, 0.29) is 5.91 Å². The zero-order valence-electron chi connectivity index (χ0n) is 23.3. The fourth-order valence-corrected chi connectivity index (χ4v) is 7.05. The summed E-state index contributed by atoms with van der Waals surface area (Å²) in [6, 6.07) is 24.4. The van der Waals surface area contributed by atoms with Crippen molar-refractivity contribution in [3.05, 3.63) is 89.1 Å². The molecule has 1 amide bonds. The van der Waals surface area contributed by atoms with E-state index >= 15 is 0 Å². The second kappa shape index (κ2) is 12.8. The molecule has 212 valence electrons. The quantitative estimate of drug-likeness (QED) is 0.232. The molecule has 0 radical (unpaired) electrons. The highest BCUT2D eigenvalue weighted by molar-refractivity contribution is 7.99. The normalized spacial score (nSPS) is 17.2. The van der Waals surface area contributed by atoms with Crippen LogP contribution in [0.2, 0.25) is 5.02 Å². The number of nitrogens with zero attached hydrogens (tertiary/aromatic N) is 4. The minimum Gasteiger partial charge on any atom is -0.497 e. The van der Waals surface area contributed by atoms with E-state index < -0.39 is 0 Å². The molecule has 2 fully saturated rings. The van der Waals surface area contributed by atoms with Crippen molar-refractivity contribution in [2.45, 2.75) is 48.1 Å². The van der Waals surface area contributed by atoms with E-state index in [4.69, 9.17) is 16.3 Å². The summed E-state index contributed by atoms with van der Waals surface area (Å²) < 4.78 is 5.23. The Morgan fingerprint density at radius 2 is 1.71 bits per heavy atom. The fraction of sp³-hybridized carbons (Fsp3) is 0.364. The van der Waals surface area contributed by atoms with Crippen molar-refractivity contribution in [2.24, 2.45) is 5.92 Å². The maximum atomic E-state index is 13.4. The molecule has 0 unspecified atom stereocenters. The first-order chi connectivity index (χ1) is 20.1. The van der Waals surface area contributed by atoms with Gasteiger partial charge in [-0.25, -0.2) is 0 Å². The zero-order chi connectivity index (χ0) is 28.2. The summed E-state index contributed by atoms with van der Waals surface area (Å²) in [6.07, 6.45) is 5.42. The fourth-order valence-electron chi connectivity index (χ4n) is 6.14. The summed E-state index contributed by atoms with van der Waals surface area (Å²) in [5, 5.41) is 12.6. The molecule has 6 rings (SSSR count). The molecule has 6 nitrogen and oxygen atoms in total. The molecule has 3 aromatic carbocycles. The minimum absolute atomic E-state index is 0.129. The van der Waals surface area contributed by atoms with Gasteiger partial charge in [-0.3, -0.25) is 4.79 Å². The molecule has 0 N–H and O–H groups in total. The number of rotatable bonds is 7. The molecule has 1 aromatic heterocycles. The van der Waals surface area contributed by atoms with E-state index in [1.54, 1.807) is 18.9 Å². The second-order valence-electron chi connectivity index (χ2n) is 11.0. The first kappa shape index (κ1) is 28.0. The highest BCUT2D eigenvalue weighted by Crippen LogP contribution is 2.30. The van der Waals surface area contributed by atoms with Crippen LogP contribution in [0.5, 0.6) is 5.75 Å². The molecule has 2 aliphatic heterocycles. The van der Waals surface area contributed by atoms with Gasteiger partial charge in [-0.2, -0.15) is 5.10 Å². The number of methoxy groups -OCH3 is 1. The van der Waals surface area contributed by atoms with Gasteiger partial charge in [-0.1, -0.05) is 41.6 Å². The predicted octanol–water partition coefficient (Wildman–Crippen LogP) is 7.00. The molecule has 4 aromatic rings. The lowest BCUT2D eigenvalue weighted by Crippen LogP contribution is -2.49. The molecule has 0 saturated carbocycles. The highest BCUT2D eigenvalue weighted by Gasteiger charge is 2.30. The molecular formula is C33H35ClN4O2S. The van der Waals surface area contributed by atoms with Gasteiger partial charge in [0.05, 0.1) is 12.8 Å². The van der Waals surface area contributed by atoms with Gasteiger partial charge in [0.1, 0.15) is 10.8 Å². The number of likely N-dealkylation sites (tertiary alicyclic amines) is 2. The van der Waals surface area contributed by atoms with E-state index in [0.717, 1.165) is 83.1 Å². The Kier molecular flexibility index (Phi) is 8.75. The van der Waals surface area contributed by atoms with E-state index in [2.05, 4.69) is 27.2 Å². The number of piperidine rings is 2. The maximum absolute atomic E-state index is 13.4. The average Bonchev–Trinajstić information content (AvgIpc) is 3.02. The number of hydrogen-bond acceptors (Lipinski definition) is 6. The second-order valence-corrected chi connectivity index (χ2v) is 12.5. The molecular weight excluding hydrogens is 552 g/mol. The third kappa shape index (κ3) is 6.69. The Balaban J connectivity index is 0.963. The first-order valence-electron chi connectivity index (χ1n) is 14.4. The van der Waals surface area contributed by atoms with Crippen LogP contribution >= 0.6 is 23.4 Å². The number of ether oxygens (including phenoxy) is 1. The number of benzene rings is 3. The summed E-state index contributed by atoms with van der Waals surface area (Å²) in [4.78, 5) is 19.2. The summed E-state index contributed by atoms with van der Waals surface area (Å²) >= 11 is 7.78.